The van der Waals surface area contributed by atoms with Crippen molar-refractivity contribution in [2.75, 3.05) is 0 Å². The van der Waals surface area contributed by atoms with Gasteiger partial charge in [0.2, 0.25) is 0 Å². The van der Waals surface area contributed by atoms with Crippen molar-refractivity contribution in [1.29, 1.82) is 0 Å². The molecule has 0 saturated carbocycles. The lowest BCUT2D eigenvalue weighted by molar-refractivity contribution is -0.118. The van der Waals surface area contributed by atoms with Crippen LogP contribution in [0.1, 0.15) is 25.0 Å². The number of ketones is 1. The first kappa shape index (κ1) is 8.87. The molecule has 1 heterocycles. The Bertz CT molecular complexity index is 258. The Kier molecular flexibility index (Phi) is 2.94. The van der Waals surface area contributed by atoms with Crippen molar-refractivity contribution < 1.29 is 9.90 Å². The topological polar surface area (TPSA) is 50.2 Å². The number of pyridine rings is 1. The highest BCUT2D eigenvalue weighted by Gasteiger charge is 2.08. The van der Waals surface area contributed by atoms with Crippen LogP contribution in [0.2, 0.25) is 0 Å². The standard InChI is InChI=1S/C9H11NO2/c1-7(11)5-9(12)8-3-2-4-10-6-8/h2-4,6,9,12H,5H2,1H3/t9-/m1/s1. The first-order valence-electron chi connectivity index (χ1n) is 3.77. The van der Waals surface area contributed by atoms with Gasteiger partial charge in [-0.05, 0) is 18.6 Å². The van der Waals surface area contributed by atoms with Crippen molar-refractivity contribution in [2.45, 2.75) is 19.4 Å². The van der Waals surface area contributed by atoms with E-state index in [1.165, 1.54) is 6.92 Å². The van der Waals surface area contributed by atoms with Gasteiger partial charge in [0.15, 0.2) is 0 Å². The summed E-state index contributed by atoms with van der Waals surface area (Å²) in [5, 5.41) is 9.43. The SMILES string of the molecule is CC(=O)C[C@@H](O)c1cccnc1. The van der Waals surface area contributed by atoms with Gasteiger partial charge >= 0.3 is 0 Å². The van der Waals surface area contributed by atoms with Crippen LogP contribution in [-0.4, -0.2) is 15.9 Å². The average Bonchev–Trinajstić information content (AvgIpc) is 2.05. The van der Waals surface area contributed by atoms with Crippen molar-refractivity contribution in [2.24, 2.45) is 0 Å². The van der Waals surface area contributed by atoms with E-state index in [0.29, 0.717) is 5.56 Å². The van der Waals surface area contributed by atoms with Crippen LogP contribution in [0.4, 0.5) is 0 Å². The van der Waals surface area contributed by atoms with E-state index in [1.54, 1.807) is 24.5 Å². The van der Waals surface area contributed by atoms with Crippen molar-refractivity contribution in [3.8, 4) is 0 Å². The number of aliphatic hydroxyl groups is 1. The fourth-order valence-electron chi connectivity index (χ4n) is 0.963. The van der Waals surface area contributed by atoms with Crippen LogP contribution in [0.25, 0.3) is 0 Å². The lowest BCUT2D eigenvalue weighted by Crippen LogP contribution is -2.03. The summed E-state index contributed by atoms with van der Waals surface area (Å²) in [6, 6.07) is 3.49. The number of hydrogen-bond donors (Lipinski definition) is 1. The second-order valence-electron chi connectivity index (χ2n) is 2.71. The number of carbonyl (C=O) groups excluding carboxylic acids is 1. The van der Waals surface area contributed by atoms with Gasteiger partial charge in [-0.2, -0.15) is 0 Å². The smallest absolute Gasteiger partial charge is 0.132 e. The molecule has 0 aliphatic carbocycles. The van der Waals surface area contributed by atoms with Gasteiger partial charge in [-0.3, -0.25) is 9.78 Å². The van der Waals surface area contributed by atoms with Crippen LogP contribution in [0, 0.1) is 0 Å². The molecule has 3 nitrogen and oxygen atoms in total. The minimum Gasteiger partial charge on any atom is -0.388 e. The van der Waals surface area contributed by atoms with E-state index in [9.17, 15) is 9.90 Å². The predicted octanol–water partition coefficient (Wildman–Crippen LogP) is 1.09. The van der Waals surface area contributed by atoms with Gasteiger partial charge in [-0.15, -0.1) is 0 Å². The van der Waals surface area contributed by atoms with Gasteiger partial charge in [0.1, 0.15) is 5.78 Å². The summed E-state index contributed by atoms with van der Waals surface area (Å²) in [5.74, 6) is -0.0219. The highest BCUT2D eigenvalue weighted by atomic mass is 16.3. The zero-order valence-corrected chi connectivity index (χ0v) is 6.90. The molecule has 12 heavy (non-hydrogen) atoms. The number of nitrogens with zero attached hydrogens (tertiary/aromatic N) is 1. The number of hydrogen-bond acceptors (Lipinski definition) is 3. The normalized spacial score (nSPS) is 12.5. The molecular formula is C9H11NO2. The summed E-state index contributed by atoms with van der Waals surface area (Å²) < 4.78 is 0. The van der Waals surface area contributed by atoms with Crippen LogP contribution < -0.4 is 0 Å². The molecule has 0 radical (unpaired) electrons. The van der Waals surface area contributed by atoms with Gasteiger partial charge < -0.3 is 5.11 Å². The Morgan fingerprint density at radius 3 is 3.00 bits per heavy atom. The third kappa shape index (κ3) is 2.43. The number of carbonyl (C=O) groups is 1. The second kappa shape index (κ2) is 3.97. The van der Waals surface area contributed by atoms with Crippen LogP contribution in [0.15, 0.2) is 24.5 Å². The van der Waals surface area contributed by atoms with E-state index in [2.05, 4.69) is 4.98 Å². The van der Waals surface area contributed by atoms with E-state index < -0.39 is 6.10 Å². The molecule has 0 amide bonds. The lowest BCUT2D eigenvalue weighted by Gasteiger charge is -2.06. The summed E-state index contributed by atoms with van der Waals surface area (Å²) >= 11 is 0. The van der Waals surface area contributed by atoms with Crippen LogP contribution in [-0.2, 0) is 4.79 Å². The summed E-state index contributed by atoms with van der Waals surface area (Å²) in [7, 11) is 0. The molecular weight excluding hydrogens is 154 g/mol. The maximum atomic E-state index is 10.6. The maximum Gasteiger partial charge on any atom is 0.132 e. The molecule has 0 bridgehead atoms. The molecule has 1 aromatic rings. The fraction of sp³-hybridized carbons (Fsp3) is 0.333. The number of aromatic nitrogens is 1. The highest BCUT2D eigenvalue weighted by molar-refractivity contribution is 5.76. The van der Waals surface area contributed by atoms with Gasteiger partial charge in [0, 0.05) is 18.8 Å². The molecule has 1 N–H and O–H groups in total. The third-order valence-electron chi connectivity index (χ3n) is 1.55. The summed E-state index contributed by atoms with van der Waals surface area (Å²) in [5.41, 5.74) is 0.688. The molecule has 0 aromatic carbocycles. The Hall–Kier alpha value is -1.22. The first-order valence-corrected chi connectivity index (χ1v) is 3.77. The van der Waals surface area contributed by atoms with Crippen molar-refractivity contribution in [3.63, 3.8) is 0 Å². The van der Waals surface area contributed by atoms with E-state index in [-0.39, 0.29) is 12.2 Å². The molecule has 0 aliphatic heterocycles. The van der Waals surface area contributed by atoms with Gasteiger partial charge in [0.25, 0.3) is 0 Å². The van der Waals surface area contributed by atoms with Crippen LogP contribution in [0.3, 0.4) is 0 Å². The molecule has 64 valence electrons. The quantitative estimate of drug-likeness (QED) is 0.729. The molecule has 0 spiro atoms. The van der Waals surface area contributed by atoms with E-state index in [0.717, 1.165) is 0 Å². The summed E-state index contributed by atoms with van der Waals surface area (Å²) in [4.78, 5) is 14.5. The predicted molar refractivity (Wildman–Crippen MR) is 44.5 cm³/mol. The van der Waals surface area contributed by atoms with Gasteiger partial charge in [-0.25, -0.2) is 0 Å². The minimum atomic E-state index is -0.712. The highest BCUT2D eigenvalue weighted by Crippen LogP contribution is 2.14. The summed E-state index contributed by atoms with van der Waals surface area (Å²) in [6.45, 7) is 1.46. The second-order valence-corrected chi connectivity index (χ2v) is 2.71. The third-order valence-corrected chi connectivity index (χ3v) is 1.55. The Balaban J connectivity index is 2.65. The molecule has 0 saturated heterocycles. The molecule has 1 rings (SSSR count). The molecule has 0 fully saturated rings. The number of aliphatic hydroxyl groups excluding tert-OH is 1. The van der Waals surface area contributed by atoms with Gasteiger partial charge in [0.05, 0.1) is 6.10 Å². The van der Waals surface area contributed by atoms with Crippen LogP contribution in [0.5, 0.6) is 0 Å². The summed E-state index contributed by atoms with van der Waals surface area (Å²) in [6.07, 6.45) is 2.64. The number of rotatable bonds is 3. The first-order chi connectivity index (χ1) is 5.70. The zero-order chi connectivity index (χ0) is 8.97. The van der Waals surface area contributed by atoms with E-state index >= 15 is 0 Å². The van der Waals surface area contributed by atoms with E-state index in [1.807, 2.05) is 0 Å². The van der Waals surface area contributed by atoms with E-state index in [4.69, 9.17) is 0 Å². The molecule has 0 unspecified atom stereocenters. The molecule has 3 heteroatoms. The zero-order valence-electron chi connectivity index (χ0n) is 6.90. The van der Waals surface area contributed by atoms with Crippen LogP contribution >= 0.6 is 0 Å². The largest absolute Gasteiger partial charge is 0.388 e. The van der Waals surface area contributed by atoms with Crippen molar-refractivity contribution in [3.05, 3.63) is 30.1 Å². The Labute approximate surface area is 71.1 Å². The fourth-order valence-corrected chi connectivity index (χ4v) is 0.963. The monoisotopic (exact) mass is 165 g/mol. The van der Waals surface area contributed by atoms with Crippen molar-refractivity contribution >= 4 is 5.78 Å². The van der Waals surface area contributed by atoms with Crippen molar-refractivity contribution in [1.82, 2.24) is 4.98 Å². The lowest BCUT2D eigenvalue weighted by atomic mass is 10.1. The molecule has 0 aliphatic rings. The maximum absolute atomic E-state index is 10.6. The minimum absolute atomic E-state index is 0.0219. The molecule has 1 aromatic heterocycles. The average molecular weight is 165 g/mol. The molecule has 1 atom stereocenters. The Morgan fingerprint density at radius 2 is 2.50 bits per heavy atom. The Morgan fingerprint density at radius 1 is 1.75 bits per heavy atom. The number of Topliss-reactive ketones (excluding diaryl/α,β-unsaturated/α-hetero) is 1. The van der Waals surface area contributed by atoms with Gasteiger partial charge in [-0.1, -0.05) is 6.07 Å².